The molecule has 1 saturated carbocycles. The predicted molar refractivity (Wildman–Crippen MR) is 64.6 cm³/mol. The van der Waals surface area contributed by atoms with Gasteiger partial charge < -0.3 is 5.32 Å². The summed E-state index contributed by atoms with van der Waals surface area (Å²) >= 11 is 0. The van der Waals surface area contributed by atoms with Crippen LogP contribution in [0.5, 0.6) is 0 Å². The molecular formula is C13H13N3O. The monoisotopic (exact) mass is 227 g/mol. The summed E-state index contributed by atoms with van der Waals surface area (Å²) in [6, 6.07) is 7.76. The molecule has 0 atom stereocenters. The zero-order valence-corrected chi connectivity index (χ0v) is 9.39. The lowest BCUT2D eigenvalue weighted by Gasteiger charge is -2.26. The third-order valence-corrected chi connectivity index (χ3v) is 3.14. The molecule has 0 aliphatic heterocycles. The zero-order valence-electron chi connectivity index (χ0n) is 9.39. The molecule has 0 spiro atoms. The van der Waals surface area contributed by atoms with Crippen molar-refractivity contribution >= 4 is 16.9 Å². The van der Waals surface area contributed by atoms with Crippen LogP contribution in [0.2, 0.25) is 0 Å². The van der Waals surface area contributed by atoms with Gasteiger partial charge in [-0.25, -0.2) is 9.97 Å². The van der Waals surface area contributed by atoms with Gasteiger partial charge in [0.05, 0.1) is 0 Å². The van der Waals surface area contributed by atoms with Crippen LogP contribution in [0.4, 0.5) is 0 Å². The first kappa shape index (κ1) is 10.2. The molecule has 4 nitrogen and oxygen atoms in total. The van der Waals surface area contributed by atoms with Gasteiger partial charge in [-0.1, -0.05) is 0 Å². The first-order chi connectivity index (χ1) is 8.33. The molecule has 2 aromatic rings. The van der Waals surface area contributed by atoms with E-state index in [1.807, 2.05) is 18.2 Å². The van der Waals surface area contributed by atoms with Gasteiger partial charge in [-0.15, -0.1) is 0 Å². The highest BCUT2D eigenvalue weighted by Gasteiger charge is 2.20. The van der Waals surface area contributed by atoms with E-state index in [9.17, 15) is 4.79 Å². The van der Waals surface area contributed by atoms with Crippen molar-refractivity contribution in [3.63, 3.8) is 0 Å². The summed E-state index contributed by atoms with van der Waals surface area (Å²) in [5.74, 6) is -0.0951. The maximum Gasteiger partial charge on any atom is 0.270 e. The van der Waals surface area contributed by atoms with Crippen molar-refractivity contribution in [3.05, 3.63) is 36.2 Å². The minimum Gasteiger partial charge on any atom is -0.348 e. The average Bonchev–Trinajstić information content (AvgIpc) is 2.33. The second-order valence-corrected chi connectivity index (χ2v) is 4.35. The third-order valence-electron chi connectivity index (χ3n) is 3.14. The maximum atomic E-state index is 11.9. The summed E-state index contributed by atoms with van der Waals surface area (Å²) < 4.78 is 0. The topological polar surface area (TPSA) is 54.9 Å². The first-order valence-corrected chi connectivity index (χ1v) is 5.85. The molecule has 1 aliphatic rings. The number of hydrogen-bond donors (Lipinski definition) is 1. The Morgan fingerprint density at radius 3 is 2.94 bits per heavy atom. The van der Waals surface area contributed by atoms with Crippen LogP contribution in [0.15, 0.2) is 30.5 Å². The summed E-state index contributed by atoms with van der Waals surface area (Å²) in [4.78, 5) is 20.3. The number of fused-ring (bicyclic) bond motifs is 1. The molecule has 4 heteroatoms. The molecule has 1 aliphatic carbocycles. The molecule has 86 valence electrons. The third kappa shape index (κ3) is 1.98. The standard InChI is InChI=1S/C13H13N3O/c17-13(15-10-4-1-5-10)11-7-6-9-3-2-8-14-12(9)16-11/h2-3,6-8,10H,1,4-5H2,(H,15,17). The molecule has 3 rings (SSSR count). The van der Waals surface area contributed by atoms with Crippen molar-refractivity contribution in [2.75, 3.05) is 0 Å². The molecule has 0 bridgehead atoms. The minimum absolute atomic E-state index is 0.0951. The summed E-state index contributed by atoms with van der Waals surface area (Å²) in [6.07, 6.45) is 5.05. The number of nitrogens with one attached hydrogen (secondary N) is 1. The molecular weight excluding hydrogens is 214 g/mol. The molecule has 1 amide bonds. The lowest BCUT2D eigenvalue weighted by Crippen LogP contribution is -2.39. The summed E-state index contributed by atoms with van der Waals surface area (Å²) in [7, 11) is 0. The summed E-state index contributed by atoms with van der Waals surface area (Å²) in [6.45, 7) is 0. The van der Waals surface area contributed by atoms with Crippen LogP contribution in [0.1, 0.15) is 29.8 Å². The van der Waals surface area contributed by atoms with Crippen molar-refractivity contribution in [2.24, 2.45) is 0 Å². The summed E-state index contributed by atoms with van der Waals surface area (Å²) in [5, 5.41) is 3.92. The molecule has 2 aromatic heterocycles. The Kier molecular flexibility index (Phi) is 2.48. The fourth-order valence-electron chi connectivity index (χ4n) is 1.89. The van der Waals surface area contributed by atoms with Crippen LogP contribution in [-0.2, 0) is 0 Å². The number of carbonyl (C=O) groups is 1. The predicted octanol–water partition coefficient (Wildman–Crippen LogP) is 1.91. The Morgan fingerprint density at radius 1 is 1.29 bits per heavy atom. The van der Waals surface area contributed by atoms with Crippen LogP contribution < -0.4 is 5.32 Å². The van der Waals surface area contributed by atoms with Crippen molar-refractivity contribution in [1.82, 2.24) is 15.3 Å². The van der Waals surface area contributed by atoms with Gasteiger partial charge in [0.15, 0.2) is 5.65 Å². The highest BCUT2D eigenvalue weighted by Crippen LogP contribution is 2.18. The van der Waals surface area contributed by atoms with E-state index in [1.165, 1.54) is 6.42 Å². The van der Waals surface area contributed by atoms with E-state index in [-0.39, 0.29) is 5.91 Å². The zero-order chi connectivity index (χ0) is 11.7. The Hall–Kier alpha value is -1.97. The molecule has 0 unspecified atom stereocenters. The average molecular weight is 227 g/mol. The van der Waals surface area contributed by atoms with Gasteiger partial charge in [-0.3, -0.25) is 4.79 Å². The number of amides is 1. The fourth-order valence-corrected chi connectivity index (χ4v) is 1.89. The van der Waals surface area contributed by atoms with Gasteiger partial charge >= 0.3 is 0 Å². The van der Waals surface area contributed by atoms with Gasteiger partial charge in [-0.2, -0.15) is 0 Å². The smallest absolute Gasteiger partial charge is 0.270 e. The Bertz CT molecular complexity index is 563. The summed E-state index contributed by atoms with van der Waals surface area (Å²) in [5.41, 5.74) is 1.07. The van der Waals surface area contributed by atoms with E-state index in [0.717, 1.165) is 18.2 Å². The van der Waals surface area contributed by atoms with Gasteiger partial charge in [-0.05, 0) is 43.5 Å². The van der Waals surface area contributed by atoms with Crippen molar-refractivity contribution in [3.8, 4) is 0 Å². The molecule has 17 heavy (non-hydrogen) atoms. The first-order valence-electron chi connectivity index (χ1n) is 5.85. The molecule has 1 fully saturated rings. The molecule has 0 saturated heterocycles. The Balaban J connectivity index is 1.86. The number of rotatable bonds is 2. The van der Waals surface area contributed by atoms with Gasteiger partial charge in [0.1, 0.15) is 5.69 Å². The van der Waals surface area contributed by atoms with E-state index >= 15 is 0 Å². The van der Waals surface area contributed by atoms with Gasteiger partial charge in [0.2, 0.25) is 0 Å². The normalized spacial score (nSPS) is 15.5. The number of pyridine rings is 2. The second kappa shape index (κ2) is 4.13. The van der Waals surface area contributed by atoms with Crippen molar-refractivity contribution in [2.45, 2.75) is 25.3 Å². The Labute approximate surface area is 99.1 Å². The van der Waals surface area contributed by atoms with E-state index in [1.54, 1.807) is 12.3 Å². The minimum atomic E-state index is -0.0951. The van der Waals surface area contributed by atoms with Crippen LogP contribution in [0.3, 0.4) is 0 Å². The van der Waals surface area contributed by atoms with E-state index in [0.29, 0.717) is 17.4 Å². The highest BCUT2D eigenvalue weighted by molar-refractivity contribution is 5.94. The SMILES string of the molecule is O=C(NC1CCC1)c1ccc2cccnc2n1. The molecule has 0 aromatic carbocycles. The Morgan fingerprint density at radius 2 is 2.18 bits per heavy atom. The van der Waals surface area contributed by atoms with Crippen LogP contribution in [-0.4, -0.2) is 21.9 Å². The number of carbonyl (C=O) groups excluding carboxylic acids is 1. The number of hydrogen-bond acceptors (Lipinski definition) is 3. The van der Waals surface area contributed by atoms with Crippen molar-refractivity contribution < 1.29 is 4.79 Å². The van der Waals surface area contributed by atoms with Crippen LogP contribution >= 0.6 is 0 Å². The largest absolute Gasteiger partial charge is 0.348 e. The van der Waals surface area contributed by atoms with E-state index < -0.39 is 0 Å². The second-order valence-electron chi connectivity index (χ2n) is 4.35. The lowest BCUT2D eigenvalue weighted by atomic mass is 9.93. The number of aromatic nitrogens is 2. The van der Waals surface area contributed by atoms with E-state index in [2.05, 4.69) is 15.3 Å². The molecule has 2 heterocycles. The maximum absolute atomic E-state index is 11.9. The number of nitrogens with zero attached hydrogens (tertiary/aromatic N) is 2. The lowest BCUT2D eigenvalue weighted by molar-refractivity contribution is 0.0912. The van der Waals surface area contributed by atoms with E-state index in [4.69, 9.17) is 0 Å². The van der Waals surface area contributed by atoms with Gasteiger partial charge in [0, 0.05) is 17.6 Å². The molecule has 1 N–H and O–H groups in total. The molecule has 0 radical (unpaired) electrons. The van der Waals surface area contributed by atoms with Crippen LogP contribution in [0, 0.1) is 0 Å². The highest BCUT2D eigenvalue weighted by atomic mass is 16.1. The van der Waals surface area contributed by atoms with Crippen LogP contribution in [0.25, 0.3) is 11.0 Å². The van der Waals surface area contributed by atoms with Gasteiger partial charge in [0.25, 0.3) is 5.91 Å². The van der Waals surface area contributed by atoms with Crippen molar-refractivity contribution in [1.29, 1.82) is 0 Å². The quantitative estimate of drug-likeness (QED) is 0.852. The fraction of sp³-hybridized carbons (Fsp3) is 0.308.